The second kappa shape index (κ2) is 6.27. The second-order valence-corrected chi connectivity index (χ2v) is 3.94. The lowest BCUT2D eigenvalue weighted by atomic mass is 10.1. The molecule has 0 spiro atoms. The zero-order valence-corrected chi connectivity index (χ0v) is 9.52. The van der Waals surface area contributed by atoms with Gasteiger partial charge in [0.2, 0.25) is 6.29 Å². The van der Waals surface area contributed by atoms with E-state index >= 15 is 0 Å². The first-order valence-corrected chi connectivity index (χ1v) is 5.51. The lowest BCUT2D eigenvalue weighted by Crippen LogP contribution is -2.40. The van der Waals surface area contributed by atoms with E-state index in [0.717, 1.165) is 0 Å². The van der Waals surface area contributed by atoms with Gasteiger partial charge in [-0.25, -0.2) is 0 Å². The number of carbonyl (C=O) groups excluding carboxylic acids is 1. The Balaban J connectivity index is 2.56. The third-order valence-electron chi connectivity index (χ3n) is 2.52. The highest BCUT2D eigenvalue weighted by atomic mass is 16.7. The monoisotopic (exact) mass is 250 g/mol. The highest BCUT2D eigenvalue weighted by molar-refractivity contribution is 5.69. The fraction of sp³-hybridized carbons (Fsp3) is 0.900. The maximum atomic E-state index is 11.2. The minimum absolute atomic E-state index is 0.176. The third kappa shape index (κ3) is 3.36. The van der Waals surface area contributed by atoms with Gasteiger partial charge in [0.1, 0.15) is 24.4 Å². The van der Waals surface area contributed by atoms with Gasteiger partial charge in [-0.3, -0.25) is 4.79 Å². The molecule has 100 valence electrons. The van der Waals surface area contributed by atoms with Crippen LogP contribution in [0.1, 0.15) is 19.8 Å². The van der Waals surface area contributed by atoms with Gasteiger partial charge in [0.15, 0.2) is 0 Å². The Morgan fingerprint density at radius 1 is 1.41 bits per heavy atom. The first kappa shape index (κ1) is 14.3. The number of esters is 1. The molecule has 0 aromatic carbocycles. The number of carbonyl (C=O) groups is 1. The minimum atomic E-state index is -1.43. The summed E-state index contributed by atoms with van der Waals surface area (Å²) < 4.78 is 9.80. The van der Waals surface area contributed by atoms with Crippen LogP contribution >= 0.6 is 0 Å². The van der Waals surface area contributed by atoms with Crippen LogP contribution in [-0.4, -0.2) is 63.7 Å². The Labute approximate surface area is 98.6 Å². The van der Waals surface area contributed by atoms with Gasteiger partial charge in [-0.2, -0.15) is 0 Å². The highest BCUT2D eigenvalue weighted by Crippen LogP contribution is 2.24. The van der Waals surface area contributed by atoms with Crippen molar-refractivity contribution in [1.82, 2.24) is 0 Å². The van der Waals surface area contributed by atoms with Crippen LogP contribution in [0.4, 0.5) is 0 Å². The molecule has 0 unspecified atom stereocenters. The number of rotatable bonds is 5. The molecular formula is C10H18O7. The maximum Gasteiger partial charge on any atom is 0.308 e. The summed E-state index contributed by atoms with van der Waals surface area (Å²) in [4.78, 5) is 11.2. The summed E-state index contributed by atoms with van der Waals surface area (Å²) in [7, 11) is 0. The average molecular weight is 250 g/mol. The molecule has 1 aliphatic heterocycles. The van der Waals surface area contributed by atoms with Crippen molar-refractivity contribution in [3.63, 3.8) is 0 Å². The van der Waals surface area contributed by atoms with Crippen molar-refractivity contribution in [2.75, 3.05) is 6.61 Å². The summed E-state index contributed by atoms with van der Waals surface area (Å²) in [6, 6.07) is 0. The standard InChI is InChI=1S/C10H18O7/c1-2-3-6(13)16-10-8(15)7(14)9(17-10)5(12)4-11/h5,7-12,14-15H,2-4H2,1H3/t5-,7+,8-,9+,10-/m0/s1. The molecule has 0 amide bonds. The van der Waals surface area contributed by atoms with Crippen molar-refractivity contribution in [3.8, 4) is 0 Å². The van der Waals surface area contributed by atoms with Crippen LogP contribution in [0.3, 0.4) is 0 Å². The smallest absolute Gasteiger partial charge is 0.308 e. The molecule has 0 radical (unpaired) electrons. The topological polar surface area (TPSA) is 116 Å². The number of aliphatic hydroxyl groups is 4. The minimum Gasteiger partial charge on any atom is -0.433 e. The van der Waals surface area contributed by atoms with E-state index in [0.29, 0.717) is 6.42 Å². The van der Waals surface area contributed by atoms with E-state index < -0.39 is 43.3 Å². The van der Waals surface area contributed by atoms with Crippen molar-refractivity contribution < 1.29 is 34.7 Å². The molecule has 7 nitrogen and oxygen atoms in total. The summed E-state index contributed by atoms with van der Waals surface area (Å²) in [5, 5.41) is 37.1. The van der Waals surface area contributed by atoms with Crippen molar-refractivity contribution in [1.29, 1.82) is 0 Å². The van der Waals surface area contributed by atoms with Gasteiger partial charge in [0.25, 0.3) is 0 Å². The Morgan fingerprint density at radius 2 is 2.06 bits per heavy atom. The fourth-order valence-electron chi connectivity index (χ4n) is 1.58. The molecule has 1 fully saturated rings. The van der Waals surface area contributed by atoms with E-state index in [1.54, 1.807) is 6.92 Å². The molecule has 1 heterocycles. The van der Waals surface area contributed by atoms with Crippen molar-refractivity contribution in [2.45, 2.75) is 50.5 Å². The van der Waals surface area contributed by atoms with E-state index in [2.05, 4.69) is 0 Å². The average Bonchev–Trinajstić information content (AvgIpc) is 2.57. The van der Waals surface area contributed by atoms with E-state index in [-0.39, 0.29) is 6.42 Å². The molecule has 1 rings (SSSR count). The molecule has 0 aliphatic carbocycles. The fourth-order valence-corrected chi connectivity index (χ4v) is 1.58. The zero-order chi connectivity index (χ0) is 13.0. The third-order valence-corrected chi connectivity index (χ3v) is 2.52. The Hall–Kier alpha value is -0.730. The van der Waals surface area contributed by atoms with Gasteiger partial charge in [-0.05, 0) is 6.42 Å². The van der Waals surface area contributed by atoms with Gasteiger partial charge >= 0.3 is 5.97 Å². The predicted octanol–water partition coefficient (Wildman–Crippen LogP) is -1.87. The molecule has 0 saturated carbocycles. The van der Waals surface area contributed by atoms with Crippen molar-refractivity contribution in [3.05, 3.63) is 0 Å². The van der Waals surface area contributed by atoms with Gasteiger partial charge in [0, 0.05) is 6.42 Å². The summed E-state index contributed by atoms with van der Waals surface area (Å²) >= 11 is 0. The molecule has 4 N–H and O–H groups in total. The predicted molar refractivity (Wildman–Crippen MR) is 54.8 cm³/mol. The van der Waals surface area contributed by atoms with Crippen LogP contribution in [-0.2, 0) is 14.3 Å². The second-order valence-electron chi connectivity index (χ2n) is 3.94. The van der Waals surface area contributed by atoms with Crippen molar-refractivity contribution in [2.24, 2.45) is 0 Å². The number of hydrogen-bond donors (Lipinski definition) is 4. The molecule has 7 heteroatoms. The van der Waals surface area contributed by atoms with Crippen LogP contribution in [0.5, 0.6) is 0 Å². The van der Waals surface area contributed by atoms with Gasteiger partial charge < -0.3 is 29.9 Å². The Kier molecular flexibility index (Phi) is 5.29. The summed E-state index contributed by atoms with van der Waals surface area (Å²) in [6.45, 7) is 1.17. The lowest BCUT2D eigenvalue weighted by molar-refractivity contribution is -0.194. The summed E-state index contributed by atoms with van der Waals surface area (Å²) in [5.74, 6) is -0.553. The number of ether oxygens (including phenoxy) is 2. The van der Waals surface area contributed by atoms with Gasteiger partial charge in [0.05, 0.1) is 6.61 Å². The number of aliphatic hydroxyl groups excluding tert-OH is 4. The largest absolute Gasteiger partial charge is 0.433 e. The van der Waals surface area contributed by atoms with Crippen LogP contribution in [0, 0.1) is 0 Å². The van der Waals surface area contributed by atoms with Crippen LogP contribution in [0.25, 0.3) is 0 Å². The zero-order valence-electron chi connectivity index (χ0n) is 9.52. The molecule has 1 saturated heterocycles. The maximum absolute atomic E-state index is 11.2. The molecule has 0 aromatic heterocycles. The normalized spacial score (nSPS) is 34.6. The van der Waals surface area contributed by atoms with E-state index in [1.807, 2.05) is 0 Å². The van der Waals surface area contributed by atoms with Crippen LogP contribution in [0.15, 0.2) is 0 Å². The SMILES string of the molecule is CCCC(=O)O[C@H]1O[C@H]([C@@H](O)CO)[C@H](O)[C@@H]1O. The lowest BCUT2D eigenvalue weighted by Gasteiger charge is -2.18. The Morgan fingerprint density at radius 3 is 2.59 bits per heavy atom. The summed E-state index contributed by atoms with van der Waals surface area (Å²) in [5.41, 5.74) is 0. The summed E-state index contributed by atoms with van der Waals surface area (Å²) in [6.07, 6.45) is -5.89. The van der Waals surface area contributed by atoms with Gasteiger partial charge in [-0.1, -0.05) is 6.92 Å². The molecular weight excluding hydrogens is 232 g/mol. The quantitative estimate of drug-likeness (QED) is 0.422. The van der Waals surface area contributed by atoms with Crippen molar-refractivity contribution >= 4 is 5.97 Å². The molecule has 1 aliphatic rings. The molecule has 5 atom stereocenters. The van der Waals surface area contributed by atoms with Crippen LogP contribution in [0.2, 0.25) is 0 Å². The van der Waals surface area contributed by atoms with Gasteiger partial charge in [-0.15, -0.1) is 0 Å². The molecule has 0 bridgehead atoms. The highest BCUT2D eigenvalue weighted by Gasteiger charge is 2.47. The van der Waals surface area contributed by atoms with E-state index in [9.17, 15) is 20.1 Å². The molecule has 17 heavy (non-hydrogen) atoms. The first-order valence-electron chi connectivity index (χ1n) is 5.51. The molecule has 0 aromatic rings. The number of hydrogen-bond acceptors (Lipinski definition) is 7. The first-order chi connectivity index (χ1) is 8.01. The Bertz CT molecular complexity index is 257. The van der Waals surface area contributed by atoms with E-state index in [4.69, 9.17) is 14.6 Å². The van der Waals surface area contributed by atoms with E-state index in [1.165, 1.54) is 0 Å². The van der Waals surface area contributed by atoms with Crippen LogP contribution < -0.4 is 0 Å².